The van der Waals surface area contributed by atoms with Crippen molar-refractivity contribution in [2.24, 2.45) is 0 Å². The first-order valence-corrected chi connectivity index (χ1v) is 6.55. The highest BCUT2D eigenvalue weighted by Crippen LogP contribution is 2.22. The second-order valence-corrected chi connectivity index (χ2v) is 4.18. The van der Waals surface area contributed by atoms with E-state index in [0.29, 0.717) is 19.0 Å². The average molecular weight is 264 g/mol. The Bertz CT molecular complexity index is 520. The molecule has 0 aliphatic rings. The predicted molar refractivity (Wildman–Crippen MR) is 73.7 cm³/mol. The molecule has 2 aromatic rings. The molecule has 2 aromatic heterocycles. The summed E-state index contributed by atoms with van der Waals surface area (Å²) < 4.78 is 11.1. The van der Waals surface area contributed by atoms with E-state index >= 15 is 0 Å². The van der Waals surface area contributed by atoms with Gasteiger partial charge in [0.05, 0.1) is 5.39 Å². The van der Waals surface area contributed by atoms with Crippen molar-refractivity contribution in [2.75, 3.05) is 18.9 Å². The Balaban J connectivity index is 2.08. The van der Waals surface area contributed by atoms with Gasteiger partial charge in [-0.15, -0.1) is 0 Å². The zero-order chi connectivity index (χ0) is 13.7. The van der Waals surface area contributed by atoms with Crippen LogP contribution in [0.15, 0.2) is 12.5 Å². The monoisotopic (exact) mass is 264 g/mol. The zero-order valence-electron chi connectivity index (χ0n) is 11.3. The summed E-state index contributed by atoms with van der Waals surface area (Å²) in [6.45, 7) is 5.21. The molecule has 0 fully saturated rings. The molecule has 0 aliphatic heterocycles. The quantitative estimate of drug-likeness (QED) is 0.746. The fraction of sp³-hybridized carbons (Fsp3) is 0.538. The number of aryl methyl sites for hydroxylation is 1. The third-order valence-corrected chi connectivity index (χ3v) is 2.94. The number of hydrogen-bond acceptors (Lipinski definition) is 5. The number of aromatic amines is 1. The molecule has 104 valence electrons. The minimum Gasteiger partial charge on any atom is -0.383 e. The summed E-state index contributed by atoms with van der Waals surface area (Å²) in [6.07, 6.45) is 4.79. The number of ether oxygens (including phenoxy) is 2. The van der Waals surface area contributed by atoms with Gasteiger partial charge in [-0.3, -0.25) is 0 Å². The summed E-state index contributed by atoms with van der Waals surface area (Å²) in [7, 11) is 0. The van der Waals surface area contributed by atoms with Crippen molar-refractivity contribution in [2.45, 2.75) is 33.0 Å². The van der Waals surface area contributed by atoms with Crippen molar-refractivity contribution in [1.29, 1.82) is 0 Å². The standard InChI is InChI=1S/C13H20N4O2/c1-3-18-10(19-4-2)6-5-9-7-15-13-11(9)12(14)16-8-17-13/h7-8,10H,3-6H2,1-2H3,(H3,14,15,16,17). The van der Waals surface area contributed by atoms with Gasteiger partial charge in [0.25, 0.3) is 0 Å². The maximum Gasteiger partial charge on any atom is 0.157 e. The van der Waals surface area contributed by atoms with Gasteiger partial charge in [-0.1, -0.05) is 0 Å². The molecule has 0 saturated heterocycles. The molecule has 3 N–H and O–H groups in total. The Kier molecular flexibility index (Phi) is 4.70. The minimum absolute atomic E-state index is 0.175. The number of nitrogens with one attached hydrogen (secondary N) is 1. The highest BCUT2D eigenvalue weighted by atomic mass is 16.7. The van der Waals surface area contributed by atoms with Crippen LogP contribution in [-0.2, 0) is 15.9 Å². The van der Waals surface area contributed by atoms with Crippen LogP contribution in [0.1, 0.15) is 25.8 Å². The van der Waals surface area contributed by atoms with Crippen LogP contribution in [-0.4, -0.2) is 34.5 Å². The first-order valence-electron chi connectivity index (χ1n) is 6.55. The SMILES string of the molecule is CCOC(CCc1c[nH]c2ncnc(N)c12)OCC. The van der Waals surface area contributed by atoms with Crippen LogP contribution in [0, 0.1) is 0 Å². The lowest BCUT2D eigenvalue weighted by Crippen LogP contribution is -2.18. The molecular weight excluding hydrogens is 244 g/mol. The Hall–Kier alpha value is -1.66. The van der Waals surface area contributed by atoms with E-state index < -0.39 is 0 Å². The number of H-pyrrole nitrogens is 1. The molecule has 0 spiro atoms. The third kappa shape index (κ3) is 3.21. The lowest BCUT2D eigenvalue weighted by atomic mass is 10.1. The Morgan fingerprint density at radius 2 is 2.00 bits per heavy atom. The summed E-state index contributed by atoms with van der Waals surface area (Å²) in [5, 5.41) is 0.897. The van der Waals surface area contributed by atoms with Crippen LogP contribution in [0.25, 0.3) is 11.0 Å². The van der Waals surface area contributed by atoms with Crippen LogP contribution in [0.3, 0.4) is 0 Å². The van der Waals surface area contributed by atoms with Crippen LogP contribution >= 0.6 is 0 Å². The Morgan fingerprint density at radius 3 is 2.68 bits per heavy atom. The second kappa shape index (κ2) is 6.49. The number of nitrogen functional groups attached to an aromatic ring is 1. The molecule has 2 rings (SSSR count). The summed E-state index contributed by atoms with van der Waals surface area (Å²) in [5.74, 6) is 0.505. The second-order valence-electron chi connectivity index (χ2n) is 4.18. The van der Waals surface area contributed by atoms with Gasteiger partial charge in [0, 0.05) is 25.8 Å². The van der Waals surface area contributed by atoms with E-state index in [2.05, 4.69) is 15.0 Å². The number of fused-ring (bicyclic) bond motifs is 1. The van der Waals surface area contributed by atoms with E-state index in [-0.39, 0.29) is 6.29 Å². The van der Waals surface area contributed by atoms with Gasteiger partial charge >= 0.3 is 0 Å². The van der Waals surface area contributed by atoms with E-state index in [9.17, 15) is 0 Å². The van der Waals surface area contributed by atoms with E-state index in [4.69, 9.17) is 15.2 Å². The van der Waals surface area contributed by atoms with Crippen LogP contribution in [0.2, 0.25) is 0 Å². The smallest absolute Gasteiger partial charge is 0.157 e. The first kappa shape index (κ1) is 13.8. The molecule has 0 atom stereocenters. The molecule has 0 aromatic carbocycles. The largest absolute Gasteiger partial charge is 0.383 e. The van der Waals surface area contributed by atoms with E-state index in [0.717, 1.165) is 29.4 Å². The summed E-state index contributed by atoms with van der Waals surface area (Å²) in [4.78, 5) is 11.3. The maximum absolute atomic E-state index is 5.89. The zero-order valence-corrected chi connectivity index (χ0v) is 11.3. The van der Waals surface area contributed by atoms with E-state index in [1.54, 1.807) is 0 Å². The van der Waals surface area contributed by atoms with Crippen molar-refractivity contribution in [3.8, 4) is 0 Å². The van der Waals surface area contributed by atoms with Gasteiger partial charge in [0.1, 0.15) is 17.8 Å². The van der Waals surface area contributed by atoms with Crippen molar-refractivity contribution in [3.63, 3.8) is 0 Å². The molecule has 6 heteroatoms. The third-order valence-electron chi connectivity index (χ3n) is 2.94. The van der Waals surface area contributed by atoms with Crippen molar-refractivity contribution >= 4 is 16.9 Å². The highest BCUT2D eigenvalue weighted by Gasteiger charge is 2.12. The molecule has 0 saturated carbocycles. The first-order chi connectivity index (χ1) is 9.26. The number of nitrogens with two attached hydrogens (primary N) is 1. The topological polar surface area (TPSA) is 86.0 Å². The fourth-order valence-corrected chi connectivity index (χ4v) is 2.11. The lowest BCUT2D eigenvalue weighted by Gasteiger charge is -2.16. The molecule has 0 amide bonds. The van der Waals surface area contributed by atoms with E-state index in [1.165, 1.54) is 6.33 Å². The molecular formula is C13H20N4O2. The molecule has 0 bridgehead atoms. The van der Waals surface area contributed by atoms with Gasteiger partial charge in [-0.2, -0.15) is 0 Å². The van der Waals surface area contributed by atoms with Crippen LogP contribution in [0.4, 0.5) is 5.82 Å². The van der Waals surface area contributed by atoms with Gasteiger partial charge in [-0.25, -0.2) is 9.97 Å². The van der Waals surface area contributed by atoms with Gasteiger partial charge in [0.2, 0.25) is 0 Å². The summed E-state index contributed by atoms with van der Waals surface area (Å²) in [6, 6.07) is 0. The van der Waals surface area contributed by atoms with Gasteiger partial charge in [0.15, 0.2) is 6.29 Å². The van der Waals surface area contributed by atoms with Crippen LogP contribution < -0.4 is 5.73 Å². The summed E-state index contributed by atoms with van der Waals surface area (Å²) >= 11 is 0. The minimum atomic E-state index is -0.175. The van der Waals surface area contributed by atoms with Gasteiger partial charge in [-0.05, 0) is 25.8 Å². The molecule has 19 heavy (non-hydrogen) atoms. The Morgan fingerprint density at radius 1 is 1.26 bits per heavy atom. The summed E-state index contributed by atoms with van der Waals surface area (Å²) in [5.41, 5.74) is 7.76. The normalized spacial score (nSPS) is 11.5. The number of aromatic nitrogens is 3. The molecule has 2 heterocycles. The number of rotatable bonds is 7. The fourth-order valence-electron chi connectivity index (χ4n) is 2.11. The number of hydrogen-bond donors (Lipinski definition) is 2. The van der Waals surface area contributed by atoms with E-state index in [1.807, 2.05) is 20.0 Å². The maximum atomic E-state index is 5.89. The number of anilines is 1. The van der Waals surface area contributed by atoms with Crippen molar-refractivity contribution in [3.05, 3.63) is 18.1 Å². The predicted octanol–water partition coefficient (Wildman–Crippen LogP) is 1.87. The Labute approximate surface area is 112 Å². The molecule has 0 unspecified atom stereocenters. The van der Waals surface area contributed by atoms with Crippen molar-refractivity contribution < 1.29 is 9.47 Å². The van der Waals surface area contributed by atoms with Crippen LogP contribution in [0.5, 0.6) is 0 Å². The molecule has 0 aliphatic carbocycles. The highest BCUT2D eigenvalue weighted by molar-refractivity contribution is 5.89. The molecule has 6 nitrogen and oxygen atoms in total. The van der Waals surface area contributed by atoms with Crippen molar-refractivity contribution in [1.82, 2.24) is 15.0 Å². The lowest BCUT2D eigenvalue weighted by molar-refractivity contribution is -0.139. The van der Waals surface area contributed by atoms with Gasteiger partial charge < -0.3 is 20.2 Å². The molecule has 0 radical (unpaired) electrons. The average Bonchev–Trinajstić information content (AvgIpc) is 2.81. The number of nitrogens with zero attached hydrogens (tertiary/aromatic N) is 2.